The molecule has 0 atom stereocenters. The highest BCUT2D eigenvalue weighted by atomic mass is 35.5. The van der Waals surface area contributed by atoms with Gasteiger partial charge in [-0.25, -0.2) is 0 Å². The Morgan fingerprint density at radius 3 is 2.91 bits per heavy atom. The maximum atomic E-state index is 11.9. The highest BCUT2D eigenvalue weighted by molar-refractivity contribution is 6.30. The van der Waals surface area contributed by atoms with E-state index in [2.05, 4.69) is 28.5 Å². The molecular weight excluding hydrogens is 314 g/mol. The lowest BCUT2D eigenvalue weighted by molar-refractivity contribution is -0.121. The van der Waals surface area contributed by atoms with Gasteiger partial charge in [0.15, 0.2) is 0 Å². The van der Waals surface area contributed by atoms with Crippen LogP contribution in [0.15, 0.2) is 36.8 Å². The molecule has 1 aromatic carbocycles. The van der Waals surface area contributed by atoms with Gasteiger partial charge in [-0.1, -0.05) is 23.7 Å². The van der Waals surface area contributed by atoms with E-state index in [-0.39, 0.29) is 5.91 Å². The molecule has 3 rings (SSSR count). The van der Waals surface area contributed by atoms with Crippen molar-refractivity contribution < 1.29 is 4.79 Å². The average Bonchev–Trinajstić information content (AvgIpc) is 3.12. The van der Waals surface area contributed by atoms with Crippen molar-refractivity contribution in [1.29, 1.82) is 0 Å². The molecule has 0 aliphatic carbocycles. The van der Waals surface area contributed by atoms with Crippen molar-refractivity contribution in [2.75, 3.05) is 6.54 Å². The zero-order valence-electron chi connectivity index (χ0n) is 12.9. The third-order valence-corrected chi connectivity index (χ3v) is 3.92. The number of hydrogen-bond acceptors (Lipinski definition) is 3. The van der Waals surface area contributed by atoms with Crippen LogP contribution in [0.25, 0.3) is 10.9 Å². The van der Waals surface area contributed by atoms with E-state index in [1.165, 1.54) is 5.56 Å². The van der Waals surface area contributed by atoms with E-state index in [0.29, 0.717) is 31.1 Å². The molecule has 0 unspecified atom stereocenters. The van der Waals surface area contributed by atoms with Gasteiger partial charge in [-0.15, -0.1) is 0 Å². The first kappa shape index (κ1) is 15.6. The normalized spacial score (nSPS) is 11.0. The van der Waals surface area contributed by atoms with Gasteiger partial charge < -0.3 is 5.32 Å². The minimum absolute atomic E-state index is 0.000411. The molecule has 7 heteroatoms. The molecule has 2 aromatic heterocycles. The SMILES string of the molecule is Cc1cccc2c1cnn2CCC(=O)NCCn1cc(Cl)cn1. The Labute approximate surface area is 139 Å². The topological polar surface area (TPSA) is 64.7 Å². The number of nitrogens with one attached hydrogen (secondary N) is 1. The fourth-order valence-electron chi connectivity index (χ4n) is 2.49. The zero-order chi connectivity index (χ0) is 16.2. The number of carbonyl (C=O) groups excluding carboxylic acids is 1. The van der Waals surface area contributed by atoms with Crippen molar-refractivity contribution in [3.05, 3.63) is 47.4 Å². The molecule has 120 valence electrons. The van der Waals surface area contributed by atoms with Crippen LogP contribution in [0.3, 0.4) is 0 Å². The van der Waals surface area contributed by atoms with Crippen LogP contribution in [0.5, 0.6) is 0 Å². The van der Waals surface area contributed by atoms with Crippen LogP contribution in [0.1, 0.15) is 12.0 Å². The number of benzene rings is 1. The summed E-state index contributed by atoms with van der Waals surface area (Å²) in [5, 5.41) is 13.0. The summed E-state index contributed by atoms with van der Waals surface area (Å²) in [5.74, 6) is -0.000411. The number of rotatable bonds is 6. The van der Waals surface area contributed by atoms with Crippen molar-refractivity contribution in [2.24, 2.45) is 0 Å². The van der Waals surface area contributed by atoms with Crippen LogP contribution >= 0.6 is 11.6 Å². The number of amides is 1. The average molecular weight is 332 g/mol. The van der Waals surface area contributed by atoms with E-state index in [1.807, 2.05) is 23.0 Å². The molecule has 2 heterocycles. The minimum atomic E-state index is -0.000411. The smallest absolute Gasteiger partial charge is 0.221 e. The van der Waals surface area contributed by atoms with Crippen molar-refractivity contribution in [2.45, 2.75) is 26.4 Å². The molecule has 0 aliphatic heterocycles. The molecule has 0 saturated heterocycles. The van der Waals surface area contributed by atoms with Gasteiger partial charge >= 0.3 is 0 Å². The Bertz CT molecular complexity index is 823. The van der Waals surface area contributed by atoms with Gasteiger partial charge in [0.05, 0.1) is 36.0 Å². The number of aromatic nitrogens is 4. The number of halogens is 1. The van der Waals surface area contributed by atoms with E-state index in [9.17, 15) is 4.79 Å². The summed E-state index contributed by atoms with van der Waals surface area (Å²) < 4.78 is 3.57. The Morgan fingerprint density at radius 2 is 2.13 bits per heavy atom. The van der Waals surface area contributed by atoms with E-state index in [1.54, 1.807) is 17.1 Å². The molecule has 0 fully saturated rings. The van der Waals surface area contributed by atoms with Gasteiger partial charge in [0, 0.05) is 24.5 Å². The molecule has 6 nitrogen and oxygen atoms in total. The molecule has 3 aromatic rings. The van der Waals surface area contributed by atoms with Crippen LogP contribution in [0.2, 0.25) is 5.02 Å². The monoisotopic (exact) mass is 331 g/mol. The Balaban J connectivity index is 1.49. The highest BCUT2D eigenvalue weighted by Crippen LogP contribution is 2.17. The Hall–Kier alpha value is -2.34. The summed E-state index contributed by atoms with van der Waals surface area (Å²) in [4.78, 5) is 11.9. The van der Waals surface area contributed by atoms with Crippen molar-refractivity contribution in [3.63, 3.8) is 0 Å². The Kier molecular flexibility index (Phi) is 4.62. The number of fused-ring (bicyclic) bond motifs is 1. The Morgan fingerprint density at radius 1 is 1.26 bits per heavy atom. The first-order valence-electron chi connectivity index (χ1n) is 7.49. The first-order chi connectivity index (χ1) is 11.1. The van der Waals surface area contributed by atoms with Crippen molar-refractivity contribution in [1.82, 2.24) is 24.9 Å². The van der Waals surface area contributed by atoms with Crippen LogP contribution in [-0.4, -0.2) is 32.0 Å². The number of aryl methyl sites for hydroxylation is 2. The van der Waals surface area contributed by atoms with Crippen LogP contribution in [0.4, 0.5) is 0 Å². The van der Waals surface area contributed by atoms with E-state index >= 15 is 0 Å². The van der Waals surface area contributed by atoms with Crippen LogP contribution < -0.4 is 5.32 Å². The largest absolute Gasteiger partial charge is 0.354 e. The summed E-state index contributed by atoms with van der Waals surface area (Å²) in [5.41, 5.74) is 2.25. The molecule has 0 radical (unpaired) electrons. The van der Waals surface area contributed by atoms with Gasteiger partial charge in [-0.3, -0.25) is 14.2 Å². The second-order valence-electron chi connectivity index (χ2n) is 5.40. The molecule has 0 saturated carbocycles. The first-order valence-corrected chi connectivity index (χ1v) is 7.87. The maximum absolute atomic E-state index is 11.9. The number of carbonyl (C=O) groups is 1. The van der Waals surface area contributed by atoms with E-state index < -0.39 is 0 Å². The summed E-state index contributed by atoms with van der Waals surface area (Å²) in [6, 6.07) is 6.09. The van der Waals surface area contributed by atoms with E-state index in [4.69, 9.17) is 11.6 Å². The van der Waals surface area contributed by atoms with Crippen molar-refractivity contribution >= 4 is 28.4 Å². The number of hydrogen-bond donors (Lipinski definition) is 1. The lowest BCUT2D eigenvalue weighted by Crippen LogP contribution is -2.28. The lowest BCUT2D eigenvalue weighted by Gasteiger charge is -2.06. The second-order valence-corrected chi connectivity index (χ2v) is 5.83. The molecule has 0 aliphatic rings. The number of nitrogens with zero attached hydrogens (tertiary/aromatic N) is 4. The molecule has 1 N–H and O–H groups in total. The van der Waals surface area contributed by atoms with Gasteiger partial charge in [-0.05, 0) is 18.6 Å². The summed E-state index contributed by atoms with van der Waals surface area (Å²) in [6.45, 7) is 3.74. The fraction of sp³-hybridized carbons (Fsp3) is 0.312. The summed E-state index contributed by atoms with van der Waals surface area (Å²) in [6.07, 6.45) is 5.55. The lowest BCUT2D eigenvalue weighted by atomic mass is 10.1. The fourth-order valence-corrected chi connectivity index (χ4v) is 2.65. The summed E-state index contributed by atoms with van der Waals surface area (Å²) in [7, 11) is 0. The minimum Gasteiger partial charge on any atom is -0.354 e. The quantitative estimate of drug-likeness (QED) is 0.754. The predicted octanol–water partition coefficient (Wildman–Crippen LogP) is 2.40. The van der Waals surface area contributed by atoms with Gasteiger partial charge in [0.1, 0.15) is 0 Å². The van der Waals surface area contributed by atoms with Crippen LogP contribution in [-0.2, 0) is 17.9 Å². The van der Waals surface area contributed by atoms with E-state index in [0.717, 1.165) is 10.9 Å². The summed E-state index contributed by atoms with van der Waals surface area (Å²) >= 11 is 5.79. The third-order valence-electron chi connectivity index (χ3n) is 3.72. The highest BCUT2D eigenvalue weighted by Gasteiger charge is 2.07. The zero-order valence-corrected chi connectivity index (χ0v) is 13.6. The molecule has 0 bridgehead atoms. The molecule has 0 spiro atoms. The molecule has 1 amide bonds. The predicted molar refractivity (Wildman–Crippen MR) is 89.3 cm³/mol. The maximum Gasteiger partial charge on any atom is 0.221 e. The van der Waals surface area contributed by atoms with Crippen molar-refractivity contribution in [3.8, 4) is 0 Å². The molecule has 23 heavy (non-hydrogen) atoms. The standard InChI is InChI=1S/C16H18ClN5O/c1-12-3-2-4-15-14(12)10-20-22(15)7-5-16(23)18-6-8-21-11-13(17)9-19-21/h2-4,9-11H,5-8H2,1H3,(H,18,23). The molecular formula is C16H18ClN5O. The van der Waals surface area contributed by atoms with Crippen LogP contribution in [0, 0.1) is 6.92 Å². The van der Waals surface area contributed by atoms with Gasteiger partial charge in [-0.2, -0.15) is 10.2 Å². The van der Waals surface area contributed by atoms with Gasteiger partial charge in [0.2, 0.25) is 5.91 Å². The second kappa shape index (κ2) is 6.83. The third kappa shape index (κ3) is 3.71. The van der Waals surface area contributed by atoms with Gasteiger partial charge in [0.25, 0.3) is 0 Å².